The lowest BCUT2D eigenvalue weighted by atomic mass is 9.66. The third-order valence-electron chi connectivity index (χ3n) is 7.18. The summed E-state index contributed by atoms with van der Waals surface area (Å²) in [7, 11) is 0. The molecule has 3 aliphatic carbocycles. The first kappa shape index (κ1) is 9.94. The van der Waals surface area contributed by atoms with Gasteiger partial charge in [0.25, 0.3) is 0 Å². The van der Waals surface area contributed by atoms with Gasteiger partial charge in [0.05, 0.1) is 11.7 Å². The fourth-order valence-electron chi connectivity index (χ4n) is 6.21. The van der Waals surface area contributed by atoms with E-state index in [0.29, 0.717) is 16.9 Å². The van der Waals surface area contributed by atoms with E-state index in [0.717, 1.165) is 17.8 Å². The van der Waals surface area contributed by atoms with Crippen molar-refractivity contribution < 1.29 is 4.74 Å². The van der Waals surface area contributed by atoms with Crippen molar-refractivity contribution in [2.45, 2.75) is 65.1 Å². The van der Waals surface area contributed by atoms with Crippen molar-refractivity contribution in [3.63, 3.8) is 0 Å². The quantitative estimate of drug-likeness (QED) is 0.568. The molecule has 0 aromatic rings. The van der Waals surface area contributed by atoms with E-state index in [1.165, 1.54) is 25.7 Å². The predicted octanol–water partition coefficient (Wildman–Crippen LogP) is 3.63. The smallest absolute Gasteiger partial charge is 0.0954 e. The number of epoxide rings is 1. The van der Waals surface area contributed by atoms with Gasteiger partial charge >= 0.3 is 0 Å². The number of fused-ring (bicyclic) bond motifs is 3. The molecule has 0 amide bonds. The highest BCUT2D eigenvalue weighted by atomic mass is 16.6. The van der Waals surface area contributed by atoms with Crippen LogP contribution in [0.4, 0.5) is 0 Å². The van der Waals surface area contributed by atoms with Gasteiger partial charge in [-0.1, -0.05) is 20.8 Å². The first-order valence-corrected chi connectivity index (χ1v) is 7.09. The summed E-state index contributed by atoms with van der Waals surface area (Å²) in [5.41, 5.74) is 1.44. The maximum atomic E-state index is 6.09. The topological polar surface area (TPSA) is 12.5 Å². The van der Waals surface area contributed by atoms with Gasteiger partial charge < -0.3 is 4.74 Å². The molecule has 0 N–H and O–H groups in total. The minimum Gasteiger partial charge on any atom is -0.366 e. The predicted molar refractivity (Wildman–Crippen MR) is 64.1 cm³/mol. The Hall–Kier alpha value is -0.0400. The van der Waals surface area contributed by atoms with Gasteiger partial charge in [-0.05, 0) is 61.2 Å². The Morgan fingerprint density at radius 3 is 2.50 bits per heavy atom. The lowest BCUT2D eigenvalue weighted by Gasteiger charge is -2.37. The zero-order valence-corrected chi connectivity index (χ0v) is 11.0. The van der Waals surface area contributed by atoms with Crippen molar-refractivity contribution in [1.82, 2.24) is 0 Å². The van der Waals surface area contributed by atoms with Crippen LogP contribution in [0.3, 0.4) is 0 Å². The lowest BCUT2D eigenvalue weighted by molar-refractivity contribution is 0.0866. The van der Waals surface area contributed by atoms with Crippen molar-refractivity contribution in [2.75, 3.05) is 0 Å². The largest absolute Gasteiger partial charge is 0.366 e. The summed E-state index contributed by atoms with van der Waals surface area (Å²) in [4.78, 5) is 0. The molecule has 90 valence electrons. The lowest BCUT2D eigenvalue weighted by Crippen LogP contribution is -2.36. The number of ether oxygens (including phenoxy) is 1. The highest BCUT2D eigenvalue weighted by Crippen LogP contribution is 2.77. The fraction of sp³-hybridized carbons (Fsp3) is 1.00. The molecule has 1 aliphatic heterocycles. The standard InChI is InChI=1S/C15H24O/c1-9-5-6-10-13(2,3)11-7-15(9,10)8-12-14(11,4)16-12/h9-12H,5-8H2,1-4H3/t9-,10+,11+,12?,14?,15-/m1/s1. The molecule has 2 unspecified atom stereocenters. The summed E-state index contributed by atoms with van der Waals surface area (Å²) in [6.45, 7) is 9.93. The van der Waals surface area contributed by atoms with E-state index < -0.39 is 0 Å². The van der Waals surface area contributed by atoms with Crippen LogP contribution in [0, 0.1) is 28.6 Å². The summed E-state index contributed by atoms with van der Waals surface area (Å²) < 4.78 is 6.09. The van der Waals surface area contributed by atoms with Crippen molar-refractivity contribution in [1.29, 1.82) is 0 Å². The van der Waals surface area contributed by atoms with Crippen molar-refractivity contribution in [3.8, 4) is 0 Å². The molecule has 0 aromatic heterocycles. The van der Waals surface area contributed by atoms with Crippen LogP contribution in [0.15, 0.2) is 0 Å². The Labute approximate surface area is 98.9 Å². The second-order valence-electron chi connectivity index (χ2n) is 7.84. The van der Waals surface area contributed by atoms with Gasteiger partial charge in [0.1, 0.15) is 0 Å². The molecule has 0 aromatic carbocycles. The molecule has 6 atom stereocenters. The molecule has 1 nitrogen and oxygen atoms in total. The highest BCUT2D eigenvalue weighted by molar-refractivity contribution is 5.24. The molecule has 1 heterocycles. The Morgan fingerprint density at radius 1 is 1.00 bits per heavy atom. The SMILES string of the molecule is C[C@@H]1CC[C@H]2C(C)(C)[C@@H]3C[C@@]12CC1OC13C. The minimum atomic E-state index is 0.263. The Balaban J connectivity index is 1.85. The van der Waals surface area contributed by atoms with E-state index >= 15 is 0 Å². The van der Waals surface area contributed by atoms with Gasteiger partial charge in [0.15, 0.2) is 0 Å². The van der Waals surface area contributed by atoms with Gasteiger partial charge in [-0.25, -0.2) is 0 Å². The Bertz CT molecular complexity index is 356. The van der Waals surface area contributed by atoms with Crippen LogP contribution in [0.1, 0.15) is 53.4 Å². The first-order chi connectivity index (χ1) is 7.41. The molecule has 3 saturated carbocycles. The summed E-state index contributed by atoms with van der Waals surface area (Å²) in [5, 5.41) is 0. The molecule has 4 fully saturated rings. The van der Waals surface area contributed by atoms with Crippen LogP contribution in [-0.2, 0) is 4.74 Å². The van der Waals surface area contributed by atoms with E-state index in [2.05, 4.69) is 27.7 Å². The molecular weight excluding hydrogens is 196 g/mol. The molecule has 4 rings (SSSR count). The molecule has 1 spiro atoms. The van der Waals surface area contributed by atoms with Gasteiger partial charge in [-0.2, -0.15) is 0 Å². The van der Waals surface area contributed by atoms with Crippen LogP contribution < -0.4 is 0 Å². The summed E-state index contributed by atoms with van der Waals surface area (Å²) in [6.07, 6.45) is 6.38. The van der Waals surface area contributed by atoms with Crippen LogP contribution >= 0.6 is 0 Å². The van der Waals surface area contributed by atoms with E-state index in [9.17, 15) is 0 Å². The molecule has 2 bridgehead atoms. The van der Waals surface area contributed by atoms with E-state index in [4.69, 9.17) is 4.74 Å². The fourth-order valence-corrected chi connectivity index (χ4v) is 6.21. The summed E-state index contributed by atoms with van der Waals surface area (Å²) >= 11 is 0. The van der Waals surface area contributed by atoms with E-state index in [-0.39, 0.29) is 5.60 Å². The highest BCUT2D eigenvalue weighted by Gasteiger charge is 2.76. The third-order valence-corrected chi connectivity index (χ3v) is 7.18. The molecule has 0 radical (unpaired) electrons. The first-order valence-electron chi connectivity index (χ1n) is 7.09. The third kappa shape index (κ3) is 0.805. The molecule has 16 heavy (non-hydrogen) atoms. The van der Waals surface area contributed by atoms with E-state index in [1.807, 2.05) is 0 Å². The van der Waals surface area contributed by atoms with Crippen molar-refractivity contribution in [2.24, 2.45) is 28.6 Å². The maximum Gasteiger partial charge on any atom is 0.0954 e. The van der Waals surface area contributed by atoms with Crippen LogP contribution in [-0.4, -0.2) is 11.7 Å². The second-order valence-corrected chi connectivity index (χ2v) is 7.84. The Kier molecular flexibility index (Phi) is 1.48. The molecular formula is C15H24O. The van der Waals surface area contributed by atoms with Gasteiger partial charge in [-0.15, -0.1) is 0 Å². The van der Waals surface area contributed by atoms with Gasteiger partial charge in [0.2, 0.25) is 0 Å². The average Bonchev–Trinajstić information content (AvgIpc) is 2.67. The summed E-state index contributed by atoms with van der Waals surface area (Å²) in [6, 6.07) is 0. The number of hydrogen-bond acceptors (Lipinski definition) is 1. The average molecular weight is 220 g/mol. The minimum absolute atomic E-state index is 0.263. The van der Waals surface area contributed by atoms with Gasteiger partial charge in [0, 0.05) is 0 Å². The number of rotatable bonds is 0. The van der Waals surface area contributed by atoms with Crippen LogP contribution in [0.2, 0.25) is 0 Å². The second kappa shape index (κ2) is 2.39. The van der Waals surface area contributed by atoms with Crippen molar-refractivity contribution >= 4 is 0 Å². The molecule has 1 saturated heterocycles. The monoisotopic (exact) mass is 220 g/mol. The zero-order chi connectivity index (χ0) is 11.3. The molecule has 1 heteroatoms. The normalized spacial score (nSPS) is 65.2. The van der Waals surface area contributed by atoms with E-state index in [1.54, 1.807) is 0 Å². The summed E-state index contributed by atoms with van der Waals surface area (Å²) in [5.74, 6) is 2.75. The Morgan fingerprint density at radius 2 is 1.75 bits per heavy atom. The van der Waals surface area contributed by atoms with Crippen LogP contribution in [0.25, 0.3) is 0 Å². The van der Waals surface area contributed by atoms with Crippen LogP contribution in [0.5, 0.6) is 0 Å². The molecule has 4 aliphatic rings. The van der Waals surface area contributed by atoms with Crippen molar-refractivity contribution in [3.05, 3.63) is 0 Å². The van der Waals surface area contributed by atoms with Gasteiger partial charge in [-0.3, -0.25) is 0 Å². The zero-order valence-electron chi connectivity index (χ0n) is 11.0. The maximum absolute atomic E-state index is 6.09. The number of hydrogen-bond donors (Lipinski definition) is 0.